The second kappa shape index (κ2) is 6.54. The van der Waals surface area contributed by atoms with Crippen molar-refractivity contribution in [3.8, 4) is 5.69 Å². The van der Waals surface area contributed by atoms with Gasteiger partial charge in [0.05, 0.1) is 59.6 Å². The minimum atomic E-state index is -0.296. The summed E-state index contributed by atoms with van der Waals surface area (Å²) in [6, 6.07) is 4.69. The summed E-state index contributed by atoms with van der Waals surface area (Å²) in [5.74, 6) is 0.309. The quantitative estimate of drug-likeness (QED) is 0.563. The predicted molar refractivity (Wildman–Crippen MR) is 102 cm³/mol. The Balaban J connectivity index is 1.61. The largest absolute Gasteiger partial charge is 0.394 e. The summed E-state index contributed by atoms with van der Waals surface area (Å²) in [7, 11) is 0. The molecule has 0 spiro atoms. The zero-order valence-corrected chi connectivity index (χ0v) is 15.3. The van der Waals surface area contributed by atoms with Gasteiger partial charge >= 0.3 is 0 Å². The topological polar surface area (TPSA) is 92.1 Å². The Morgan fingerprint density at radius 1 is 1.32 bits per heavy atom. The van der Waals surface area contributed by atoms with E-state index in [0.29, 0.717) is 25.6 Å². The lowest BCUT2D eigenvalue weighted by molar-refractivity contribution is 0.00313. The number of nitrogens with one attached hydrogen (secondary N) is 1. The number of anilines is 1. The van der Waals surface area contributed by atoms with Crippen molar-refractivity contribution in [1.82, 2.24) is 24.7 Å². The first-order chi connectivity index (χ1) is 13.7. The van der Waals surface area contributed by atoms with Gasteiger partial charge in [0, 0.05) is 18.5 Å². The van der Waals surface area contributed by atoms with Crippen molar-refractivity contribution >= 4 is 27.9 Å². The Morgan fingerprint density at radius 3 is 3.04 bits per heavy atom. The normalized spacial score (nSPS) is 17.7. The standard InChI is InChI=1S/C19H19FN6O2/c1-11-16(7-21-19(23-11)25-4-5-28-13(9-25)10-27)26-15-3-2-12(20)6-14(15)18-17(26)8-22-24-18/h2-3,6-8,13,27H,4-5,9-10H2,1H3,(H,22,24)/t13-/m0/s1. The first-order valence-electron chi connectivity index (χ1n) is 9.10. The van der Waals surface area contributed by atoms with Gasteiger partial charge in [-0.25, -0.2) is 14.4 Å². The Bertz CT molecular complexity index is 1170. The predicted octanol–water partition coefficient (Wildman–Crippen LogP) is 1.94. The van der Waals surface area contributed by atoms with Gasteiger partial charge in [-0.15, -0.1) is 0 Å². The average molecular weight is 382 g/mol. The molecule has 9 heteroatoms. The SMILES string of the molecule is Cc1nc(N2CCO[C@H](CO)C2)ncc1-n1c2ccc(F)cc2c2[nH]ncc21. The minimum Gasteiger partial charge on any atom is -0.394 e. The Morgan fingerprint density at radius 2 is 2.21 bits per heavy atom. The van der Waals surface area contributed by atoms with Gasteiger partial charge in [0.1, 0.15) is 5.82 Å². The molecule has 0 bridgehead atoms. The van der Waals surface area contributed by atoms with Crippen molar-refractivity contribution < 1.29 is 14.2 Å². The molecule has 3 aromatic heterocycles. The molecule has 0 unspecified atom stereocenters. The number of H-pyrrole nitrogens is 1. The number of rotatable bonds is 3. The van der Waals surface area contributed by atoms with Crippen molar-refractivity contribution in [1.29, 1.82) is 0 Å². The fraction of sp³-hybridized carbons (Fsp3) is 0.316. The summed E-state index contributed by atoms with van der Waals surface area (Å²) in [5, 5.41) is 17.2. The lowest BCUT2D eigenvalue weighted by Crippen LogP contribution is -2.44. The van der Waals surface area contributed by atoms with E-state index in [1.807, 2.05) is 16.4 Å². The van der Waals surface area contributed by atoms with E-state index in [9.17, 15) is 9.50 Å². The van der Waals surface area contributed by atoms with E-state index in [0.717, 1.165) is 33.3 Å². The highest BCUT2D eigenvalue weighted by molar-refractivity contribution is 6.06. The smallest absolute Gasteiger partial charge is 0.225 e. The van der Waals surface area contributed by atoms with Crippen LogP contribution in [0.5, 0.6) is 0 Å². The summed E-state index contributed by atoms with van der Waals surface area (Å²) in [6.45, 7) is 3.64. The second-order valence-electron chi connectivity index (χ2n) is 6.89. The number of hydrogen-bond donors (Lipinski definition) is 2. The molecule has 1 aliphatic heterocycles. The van der Waals surface area contributed by atoms with Crippen LogP contribution < -0.4 is 4.90 Å². The number of aromatic amines is 1. The Hall–Kier alpha value is -3.04. The van der Waals surface area contributed by atoms with Crippen LogP contribution in [-0.2, 0) is 4.74 Å². The summed E-state index contributed by atoms with van der Waals surface area (Å²) < 4.78 is 21.3. The van der Waals surface area contributed by atoms with Crippen LogP contribution in [0.3, 0.4) is 0 Å². The molecular formula is C19H19FN6O2. The van der Waals surface area contributed by atoms with Crippen molar-refractivity contribution in [3.05, 3.63) is 42.1 Å². The molecule has 4 heterocycles. The summed E-state index contributed by atoms with van der Waals surface area (Å²) >= 11 is 0. The molecule has 1 fully saturated rings. The molecular weight excluding hydrogens is 363 g/mol. The van der Waals surface area contributed by atoms with Crippen LogP contribution in [0.15, 0.2) is 30.6 Å². The molecule has 0 aliphatic carbocycles. The first-order valence-corrected chi connectivity index (χ1v) is 9.10. The highest BCUT2D eigenvalue weighted by atomic mass is 19.1. The summed E-state index contributed by atoms with van der Waals surface area (Å²) in [5.41, 5.74) is 4.07. The van der Waals surface area contributed by atoms with Crippen LogP contribution in [0.1, 0.15) is 5.69 Å². The Labute approximate surface area is 159 Å². The van der Waals surface area contributed by atoms with E-state index >= 15 is 0 Å². The zero-order chi connectivity index (χ0) is 19.3. The van der Waals surface area contributed by atoms with Crippen molar-refractivity contribution in [3.63, 3.8) is 0 Å². The number of aliphatic hydroxyl groups is 1. The maximum absolute atomic E-state index is 13.8. The van der Waals surface area contributed by atoms with Crippen LogP contribution >= 0.6 is 0 Å². The van der Waals surface area contributed by atoms with Crippen molar-refractivity contribution in [2.24, 2.45) is 0 Å². The number of fused-ring (bicyclic) bond motifs is 3. The number of benzene rings is 1. The maximum atomic E-state index is 13.8. The molecule has 0 saturated carbocycles. The summed E-state index contributed by atoms with van der Waals surface area (Å²) in [6.07, 6.45) is 3.26. The van der Waals surface area contributed by atoms with Crippen LogP contribution in [0.25, 0.3) is 27.6 Å². The lowest BCUT2D eigenvalue weighted by atomic mass is 10.2. The second-order valence-corrected chi connectivity index (χ2v) is 6.89. The third kappa shape index (κ3) is 2.62. The monoisotopic (exact) mass is 382 g/mol. The number of aliphatic hydroxyl groups excluding tert-OH is 1. The van der Waals surface area contributed by atoms with E-state index < -0.39 is 0 Å². The van der Waals surface area contributed by atoms with E-state index in [2.05, 4.69) is 20.2 Å². The fourth-order valence-electron chi connectivity index (χ4n) is 3.77. The van der Waals surface area contributed by atoms with Crippen LogP contribution in [0.2, 0.25) is 0 Å². The third-order valence-corrected chi connectivity index (χ3v) is 5.14. The molecule has 1 aromatic carbocycles. The Kier molecular flexibility index (Phi) is 3.99. The number of ether oxygens (including phenoxy) is 1. The van der Waals surface area contributed by atoms with Crippen molar-refractivity contribution in [2.75, 3.05) is 31.2 Å². The number of aryl methyl sites for hydroxylation is 1. The van der Waals surface area contributed by atoms with Gasteiger partial charge in [-0.3, -0.25) is 5.10 Å². The molecule has 0 radical (unpaired) electrons. The highest BCUT2D eigenvalue weighted by Crippen LogP contribution is 2.32. The molecule has 8 nitrogen and oxygen atoms in total. The van der Waals surface area contributed by atoms with Gasteiger partial charge in [-0.2, -0.15) is 5.10 Å². The van der Waals surface area contributed by atoms with E-state index in [1.54, 1.807) is 18.5 Å². The van der Waals surface area contributed by atoms with Crippen LogP contribution in [0.4, 0.5) is 10.3 Å². The molecule has 0 amide bonds. The van der Waals surface area contributed by atoms with Gasteiger partial charge in [-0.1, -0.05) is 0 Å². The highest BCUT2D eigenvalue weighted by Gasteiger charge is 2.23. The van der Waals surface area contributed by atoms with Gasteiger partial charge < -0.3 is 19.3 Å². The van der Waals surface area contributed by atoms with Crippen LogP contribution in [-0.4, -0.2) is 62.2 Å². The molecule has 5 rings (SSSR count). The van der Waals surface area contributed by atoms with Crippen LogP contribution in [0, 0.1) is 12.7 Å². The number of hydrogen-bond acceptors (Lipinski definition) is 6. The molecule has 1 saturated heterocycles. The molecule has 4 aromatic rings. The molecule has 1 aliphatic rings. The van der Waals surface area contributed by atoms with Gasteiger partial charge in [-0.05, 0) is 25.1 Å². The first kappa shape index (κ1) is 17.1. The molecule has 28 heavy (non-hydrogen) atoms. The summed E-state index contributed by atoms with van der Waals surface area (Å²) in [4.78, 5) is 11.3. The van der Waals surface area contributed by atoms with E-state index in [4.69, 9.17) is 4.74 Å². The minimum absolute atomic E-state index is 0.0298. The average Bonchev–Trinajstić information content (AvgIpc) is 3.29. The van der Waals surface area contributed by atoms with Gasteiger partial charge in [0.15, 0.2) is 0 Å². The molecule has 2 N–H and O–H groups in total. The van der Waals surface area contributed by atoms with E-state index in [1.165, 1.54) is 12.1 Å². The zero-order valence-electron chi connectivity index (χ0n) is 15.3. The van der Waals surface area contributed by atoms with Gasteiger partial charge in [0.25, 0.3) is 0 Å². The number of aromatic nitrogens is 5. The molecule has 1 atom stereocenters. The third-order valence-electron chi connectivity index (χ3n) is 5.14. The lowest BCUT2D eigenvalue weighted by Gasteiger charge is -2.32. The maximum Gasteiger partial charge on any atom is 0.225 e. The number of nitrogens with zero attached hydrogens (tertiary/aromatic N) is 5. The van der Waals surface area contributed by atoms with Gasteiger partial charge in [0.2, 0.25) is 5.95 Å². The fourth-order valence-corrected chi connectivity index (χ4v) is 3.77. The number of morpholine rings is 1. The molecule has 144 valence electrons. The van der Waals surface area contributed by atoms with Crippen molar-refractivity contribution in [2.45, 2.75) is 13.0 Å². The van der Waals surface area contributed by atoms with E-state index in [-0.39, 0.29) is 18.5 Å². The number of halogens is 1.